The van der Waals surface area contributed by atoms with Crippen LogP contribution >= 0.6 is 0 Å². The second-order valence-corrected chi connectivity index (χ2v) is 7.82. The highest BCUT2D eigenvalue weighted by atomic mass is 16.3. The lowest BCUT2D eigenvalue weighted by molar-refractivity contribution is -0.126. The van der Waals surface area contributed by atoms with Crippen LogP contribution < -0.4 is 10.6 Å². The smallest absolute Gasteiger partial charge is 0.254 e. The third-order valence-electron chi connectivity index (χ3n) is 6.02. The van der Waals surface area contributed by atoms with Gasteiger partial charge in [0.2, 0.25) is 5.91 Å². The number of likely N-dealkylation sites (tertiary alicyclic amines) is 1. The monoisotopic (exact) mass is 381 g/mol. The molecule has 4 rings (SSSR count). The van der Waals surface area contributed by atoms with Gasteiger partial charge in [0, 0.05) is 50.1 Å². The van der Waals surface area contributed by atoms with Crippen LogP contribution in [0.25, 0.3) is 10.8 Å². The molecule has 2 atom stereocenters. The van der Waals surface area contributed by atoms with E-state index in [9.17, 15) is 14.7 Å². The predicted octanol–water partition coefficient (Wildman–Crippen LogP) is 1.39. The van der Waals surface area contributed by atoms with Crippen LogP contribution in [0.4, 0.5) is 0 Å². The Labute approximate surface area is 164 Å². The van der Waals surface area contributed by atoms with Gasteiger partial charge in [-0.05, 0) is 29.7 Å². The largest absolute Gasteiger partial charge is 0.391 e. The molecular formula is C22H27N3O3. The van der Waals surface area contributed by atoms with Crippen molar-refractivity contribution in [1.82, 2.24) is 15.5 Å². The second kappa shape index (κ2) is 8.29. The zero-order valence-corrected chi connectivity index (χ0v) is 15.9. The number of aliphatic hydroxyl groups excluding tert-OH is 1. The SMILES string of the molecule is O=C(NCC1CNCC1O)C1CCN(C(=O)c2cccc3ccccc23)CC1. The Bertz CT molecular complexity index is 856. The highest BCUT2D eigenvalue weighted by Crippen LogP contribution is 2.24. The molecule has 0 saturated carbocycles. The average molecular weight is 381 g/mol. The number of nitrogens with zero attached hydrogens (tertiary/aromatic N) is 1. The molecule has 2 aromatic rings. The topological polar surface area (TPSA) is 81.7 Å². The van der Waals surface area contributed by atoms with E-state index in [0.29, 0.717) is 39.0 Å². The fourth-order valence-corrected chi connectivity index (χ4v) is 4.23. The van der Waals surface area contributed by atoms with Crippen molar-refractivity contribution in [3.63, 3.8) is 0 Å². The van der Waals surface area contributed by atoms with Crippen molar-refractivity contribution >= 4 is 22.6 Å². The summed E-state index contributed by atoms with van der Waals surface area (Å²) in [6.45, 7) is 3.01. The Morgan fingerprint density at radius 2 is 1.82 bits per heavy atom. The molecule has 148 valence electrons. The van der Waals surface area contributed by atoms with Gasteiger partial charge in [-0.3, -0.25) is 9.59 Å². The first-order chi connectivity index (χ1) is 13.6. The first-order valence-electron chi connectivity index (χ1n) is 10.1. The maximum atomic E-state index is 13.0. The summed E-state index contributed by atoms with van der Waals surface area (Å²) in [6, 6.07) is 13.7. The van der Waals surface area contributed by atoms with Gasteiger partial charge in [0.05, 0.1) is 6.10 Å². The number of carbonyl (C=O) groups is 2. The van der Waals surface area contributed by atoms with Gasteiger partial charge in [-0.1, -0.05) is 36.4 Å². The first kappa shape index (κ1) is 18.9. The molecule has 2 aliphatic rings. The minimum atomic E-state index is -0.388. The molecule has 0 spiro atoms. The standard InChI is InChI=1S/C22H27N3O3/c26-20-14-23-12-17(20)13-24-21(27)16-8-10-25(11-9-16)22(28)19-7-3-5-15-4-1-2-6-18(15)19/h1-7,16-17,20,23,26H,8-14H2,(H,24,27). The highest BCUT2D eigenvalue weighted by molar-refractivity contribution is 6.07. The van der Waals surface area contributed by atoms with E-state index in [1.165, 1.54) is 0 Å². The molecule has 2 fully saturated rings. The number of fused-ring (bicyclic) bond motifs is 1. The molecule has 6 nitrogen and oxygen atoms in total. The van der Waals surface area contributed by atoms with Crippen molar-refractivity contribution in [2.45, 2.75) is 18.9 Å². The van der Waals surface area contributed by atoms with Crippen molar-refractivity contribution < 1.29 is 14.7 Å². The summed E-state index contributed by atoms with van der Waals surface area (Å²) in [7, 11) is 0. The van der Waals surface area contributed by atoms with E-state index >= 15 is 0 Å². The number of benzene rings is 2. The number of nitrogens with one attached hydrogen (secondary N) is 2. The summed E-state index contributed by atoms with van der Waals surface area (Å²) in [6.07, 6.45) is 0.960. The molecule has 0 aromatic heterocycles. The Balaban J connectivity index is 1.33. The van der Waals surface area contributed by atoms with Crippen LogP contribution in [0.3, 0.4) is 0 Å². The van der Waals surface area contributed by atoms with Crippen molar-refractivity contribution in [2.24, 2.45) is 11.8 Å². The van der Waals surface area contributed by atoms with E-state index in [1.807, 2.05) is 47.4 Å². The summed E-state index contributed by atoms with van der Waals surface area (Å²) >= 11 is 0. The number of aliphatic hydroxyl groups is 1. The maximum absolute atomic E-state index is 13.0. The Kier molecular flexibility index (Phi) is 5.59. The molecule has 2 aromatic carbocycles. The highest BCUT2D eigenvalue weighted by Gasteiger charge is 2.30. The molecule has 0 bridgehead atoms. The fourth-order valence-electron chi connectivity index (χ4n) is 4.23. The molecule has 2 unspecified atom stereocenters. The van der Waals surface area contributed by atoms with Crippen molar-refractivity contribution in [2.75, 3.05) is 32.7 Å². The molecule has 2 saturated heterocycles. The second-order valence-electron chi connectivity index (χ2n) is 7.82. The van der Waals surface area contributed by atoms with Crippen molar-refractivity contribution in [3.8, 4) is 0 Å². The lowest BCUT2D eigenvalue weighted by atomic mass is 9.94. The van der Waals surface area contributed by atoms with Crippen LogP contribution in [-0.2, 0) is 4.79 Å². The van der Waals surface area contributed by atoms with E-state index in [2.05, 4.69) is 10.6 Å². The van der Waals surface area contributed by atoms with E-state index in [1.54, 1.807) is 0 Å². The molecule has 3 N–H and O–H groups in total. The van der Waals surface area contributed by atoms with E-state index in [-0.39, 0.29) is 29.8 Å². The molecule has 6 heteroatoms. The average Bonchev–Trinajstić information content (AvgIpc) is 3.16. The summed E-state index contributed by atoms with van der Waals surface area (Å²) < 4.78 is 0. The number of amides is 2. The molecule has 2 heterocycles. The number of β-amino-alcohol motifs (C(OH)–C–C–N with tert-alkyl or cyclic N) is 1. The van der Waals surface area contributed by atoms with Crippen LogP contribution in [0, 0.1) is 11.8 Å². The lowest BCUT2D eigenvalue weighted by Gasteiger charge is -2.32. The van der Waals surface area contributed by atoms with Gasteiger partial charge < -0.3 is 20.6 Å². The lowest BCUT2D eigenvalue weighted by Crippen LogP contribution is -2.44. The van der Waals surface area contributed by atoms with Gasteiger partial charge in [-0.2, -0.15) is 0 Å². The molecule has 0 aliphatic carbocycles. The molecular weight excluding hydrogens is 354 g/mol. The van der Waals surface area contributed by atoms with Gasteiger partial charge in [0.15, 0.2) is 0 Å². The zero-order valence-electron chi connectivity index (χ0n) is 15.9. The maximum Gasteiger partial charge on any atom is 0.254 e. The van der Waals surface area contributed by atoms with Gasteiger partial charge in [-0.25, -0.2) is 0 Å². The minimum absolute atomic E-state index is 0.0378. The van der Waals surface area contributed by atoms with Crippen LogP contribution in [-0.4, -0.2) is 60.6 Å². The van der Waals surface area contributed by atoms with Gasteiger partial charge in [0.25, 0.3) is 5.91 Å². The van der Waals surface area contributed by atoms with Crippen LogP contribution in [0.5, 0.6) is 0 Å². The van der Waals surface area contributed by atoms with Crippen molar-refractivity contribution in [1.29, 1.82) is 0 Å². The predicted molar refractivity (Wildman–Crippen MR) is 108 cm³/mol. The summed E-state index contributed by atoms with van der Waals surface area (Å²) in [5, 5.41) is 18.0. The third-order valence-corrected chi connectivity index (χ3v) is 6.02. The van der Waals surface area contributed by atoms with E-state index < -0.39 is 0 Å². The van der Waals surface area contributed by atoms with Crippen LogP contribution in [0.15, 0.2) is 42.5 Å². The molecule has 28 heavy (non-hydrogen) atoms. The number of carbonyl (C=O) groups excluding carboxylic acids is 2. The first-order valence-corrected chi connectivity index (χ1v) is 10.1. The molecule has 2 aliphatic heterocycles. The number of rotatable bonds is 4. The zero-order chi connectivity index (χ0) is 19.5. The fraction of sp³-hybridized carbons (Fsp3) is 0.455. The number of piperidine rings is 1. The number of hydrogen-bond acceptors (Lipinski definition) is 4. The summed E-state index contributed by atoms with van der Waals surface area (Å²) in [5.74, 6) is 0.0900. The third kappa shape index (κ3) is 3.88. The minimum Gasteiger partial charge on any atom is -0.391 e. The number of hydrogen-bond donors (Lipinski definition) is 3. The van der Waals surface area contributed by atoms with Crippen LogP contribution in [0.1, 0.15) is 23.2 Å². The normalized spacial score (nSPS) is 23.1. The van der Waals surface area contributed by atoms with E-state index in [0.717, 1.165) is 22.9 Å². The van der Waals surface area contributed by atoms with Crippen molar-refractivity contribution in [3.05, 3.63) is 48.0 Å². The van der Waals surface area contributed by atoms with Gasteiger partial charge in [0.1, 0.15) is 0 Å². The molecule has 2 amide bonds. The van der Waals surface area contributed by atoms with Gasteiger partial charge in [-0.15, -0.1) is 0 Å². The summed E-state index contributed by atoms with van der Waals surface area (Å²) in [5.41, 5.74) is 0.726. The molecule has 0 radical (unpaired) electrons. The van der Waals surface area contributed by atoms with Gasteiger partial charge >= 0.3 is 0 Å². The Morgan fingerprint density at radius 3 is 2.57 bits per heavy atom. The Hall–Kier alpha value is -2.44. The van der Waals surface area contributed by atoms with E-state index in [4.69, 9.17) is 0 Å². The summed E-state index contributed by atoms with van der Waals surface area (Å²) in [4.78, 5) is 27.3. The Morgan fingerprint density at radius 1 is 1.07 bits per heavy atom. The van der Waals surface area contributed by atoms with Crippen LogP contribution in [0.2, 0.25) is 0 Å². The quantitative estimate of drug-likeness (QED) is 0.748.